The lowest BCUT2D eigenvalue weighted by atomic mass is 10.1. The van der Waals surface area contributed by atoms with Gasteiger partial charge in [-0.3, -0.25) is 10.1 Å². The average Bonchev–Trinajstić information content (AvgIpc) is 2.77. The highest BCUT2D eigenvalue weighted by Gasteiger charge is 2.14. The molecule has 0 saturated heterocycles. The highest BCUT2D eigenvalue weighted by atomic mass is 35.5. The molecule has 0 saturated carbocycles. The zero-order chi connectivity index (χ0) is 13.3. The quantitative estimate of drug-likeness (QED) is 0.680. The summed E-state index contributed by atoms with van der Waals surface area (Å²) in [6, 6.07) is 7.78. The molecular weight excluding hydrogens is 256 g/mol. The van der Waals surface area contributed by atoms with Gasteiger partial charge in [-0.1, -0.05) is 11.6 Å². The van der Waals surface area contributed by atoms with E-state index in [0.717, 1.165) is 0 Å². The highest BCUT2D eigenvalue weighted by molar-refractivity contribution is 6.32. The summed E-state index contributed by atoms with van der Waals surface area (Å²) >= 11 is 5.84. The molecule has 0 bridgehead atoms. The van der Waals surface area contributed by atoms with Gasteiger partial charge in [-0.25, -0.2) is 0 Å². The van der Waals surface area contributed by atoms with Crippen molar-refractivity contribution in [3.05, 3.63) is 51.2 Å². The Kier molecular flexibility index (Phi) is 3.36. The molecule has 94 valence electrons. The average molecular weight is 267 g/mol. The van der Waals surface area contributed by atoms with Crippen LogP contribution < -0.4 is 5.73 Å². The van der Waals surface area contributed by atoms with Crippen molar-refractivity contribution in [2.75, 3.05) is 0 Å². The molecular formula is C12H11ClN2O3. The van der Waals surface area contributed by atoms with Gasteiger partial charge in [-0.15, -0.1) is 0 Å². The maximum atomic E-state index is 10.6. The number of furan rings is 1. The fourth-order valence-electron chi connectivity index (χ4n) is 1.56. The summed E-state index contributed by atoms with van der Waals surface area (Å²) in [6.07, 6.45) is 0. The molecule has 2 N–H and O–H groups in total. The van der Waals surface area contributed by atoms with Gasteiger partial charge in [0.05, 0.1) is 11.0 Å². The number of rotatable bonds is 3. The molecule has 0 radical (unpaired) electrons. The van der Waals surface area contributed by atoms with Gasteiger partial charge in [-0.2, -0.15) is 0 Å². The van der Waals surface area contributed by atoms with Crippen molar-refractivity contribution in [1.82, 2.24) is 0 Å². The van der Waals surface area contributed by atoms with Crippen molar-refractivity contribution in [1.29, 1.82) is 0 Å². The first-order valence-electron chi connectivity index (χ1n) is 5.28. The molecule has 5 nitrogen and oxygen atoms in total. The first kappa shape index (κ1) is 12.6. The van der Waals surface area contributed by atoms with E-state index in [9.17, 15) is 10.1 Å². The van der Waals surface area contributed by atoms with Crippen LogP contribution in [-0.4, -0.2) is 4.92 Å². The zero-order valence-corrected chi connectivity index (χ0v) is 10.3. The third-order valence-corrected chi connectivity index (χ3v) is 2.81. The maximum absolute atomic E-state index is 10.6. The monoisotopic (exact) mass is 266 g/mol. The molecule has 1 unspecified atom stereocenters. The number of benzene rings is 1. The van der Waals surface area contributed by atoms with Crippen LogP contribution in [0.2, 0.25) is 5.02 Å². The van der Waals surface area contributed by atoms with E-state index in [0.29, 0.717) is 17.1 Å². The second-order valence-corrected chi connectivity index (χ2v) is 4.32. The molecule has 0 fully saturated rings. The fourth-order valence-corrected chi connectivity index (χ4v) is 1.81. The SMILES string of the molecule is CC(N)c1ccc(-c2ccc([N+](=O)[O-])c(Cl)c2)o1. The summed E-state index contributed by atoms with van der Waals surface area (Å²) in [6.45, 7) is 1.81. The lowest BCUT2D eigenvalue weighted by molar-refractivity contribution is -0.384. The molecule has 1 atom stereocenters. The Morgan fingerprint density at radius 1 is 1.39 bits per heavy atom. The van der Waals surface area contributed by atoms with E-state index < -0.39 is 4.92 Å². The Morgan fingerprint density at radius 2 is 2.11 bits per heavy atom. The van der Waals surface area contributed by atoms with Crippen molar-refractivity contribution in [3.8, 4) is 11.3 Å². The molecule has 0 aliphatic carbocycles. The van der Waals surface area contributed by atoms with Crippen LogP contribution >= 0.6 is 11.6 Å². The van der Waals surface area contributed by atoms with Gasteiger partial charge in [0.2, 0.25) is 0 Å². The molecule has 0 spiro atoms. The minimum Gasteiger partial charge on any atom is -0.459 e. The summed E-state index contributed by atoms with van der Waals surface area (Å²) in [5, 5.41) is 10.7. The fraction of sp³-hybridized carbons (Fsp3) is 0.167. The highest BCUT2D eigenvalue weighted by Crippen LogP contribution is 2.31. The Hall–Kier alpha value is -1.85. The van der Waals surface area contributed by atoms with Gasteiger partial charge in [0.25, 0.3) is 5.69 Å². The van der Waals surface area contributed by atoms with E-state index >= 15 is 0 Å². The summed E-state index contributed by atoms with van der Waals surface area (Å²) in [4.78, 5) is 10.1. The third kappa shape index (κ3) is 2.37. The molecule has 1 heterocycles. The lowest BCUT2D eigenvalue weighted by Crippen LogP contribution is -2.02. The minimum absolute atomic E-state index is 0.0799. The number of nitrogens with zero attached hydrogens (tertiary/aromatic N) is 1. The predicted octanol–water partition coefficient (Wildman–Crippen LogP) is 3.53. The first-order chi connectivity index (χ1) is 8.49. The van der Waals surface area contributed by atoms with Gasteiger partial charge >= 0.3 is 0 Å². The molecule has 2 rings (SSSR count). The zero-order valence-electron chi connectivity index (χ0n) is 9.59. The number of nitro groups is 1. The summed E-state index contributed by atoms with van der Waals surface area (Å²) in [7, 11) is 0. The van der Waals surface area contributed by atoms with E-state index in [1.807, 2.05) is 6.92 Å². The normalized spacial score (nSPS) is 12.4. The maximum Gasteiger partial charge on any atom is 0.287 e. The van der Waals surface area contributed by atoms with Crippen LogP contribution in [0.5, 0.6) is 0 Å². The Labute approximate surface area is 108 Å². The Bertz CT molecular complexity index is 593. The second kappa shape index (κ2) is 4.80. The van der Waals surface area contributed by atoms with Crippen LogP contribution in [0.25, 0.3) is 11.3 Å². The molecule has 1 aromatic heterocycles. The molecule has 0 amide bonds. The number of nitro benzene ring substituents is 1. The lowest BCUT2D eigenvalue weighted by Gasteiger charge is -2.01. The van der Waals surface area contributed by atoms with Crippen LogP contribution in [0.3, 0.4) is 0 Å². The molecule has 0 aliphatic heterocycles. The van der Waals surface area contributed by atoms with E-state index in [1.165, 1.54) is 12.1 Å². The Balaban J connectivity index is 2.39. The largest absolute Gasteiger partial charge is 0.459 e. The van der Waals surface area contributed by atoms with Crippen molar-refractivity contribution in [2.24, 2.45) is 5.73 Å². The van der Waals surface area contributed by atoms with Crippen LogP contribution in [-0.2, 0) is 0 Å². The van der Waals surface area contributed by atoms with Crippen LogP contribution in [0, 0.1) is 10.1 Å². The van der Waals surface area contributed by atoms with Crippen molar-refractivity contribution in [2.45, 2.75) is 13.0 Å². The van der Waals surface area contributed by atoms with Gasteiger partial charge in [0.1, 0.15) is 16.5 Å². The number of nitrogens with two attached hydrogens (primary N) is 1. The number of halogens is 1. The van der Waals surface area contributed by atoms with Crippen LogP contribution in [0.1, 0.15) is 18.7 Å². The summed E-state index contributed by atoms with van der Waals surface area (Å²) in [5.41, 5.74) is 6.24. The van der Waals surface area contributed by atoms with E-state index in [-0.39, 0.29) is 16.8 Å². The van der Waals surface area contributed by atoms with E-state index in [2.05, 4.69) is 0 Å². The first-order valence-corrected chi connectivity index (χ1v) is 5.66. The van der Waals surface area contributed by atoms with Crippen LogP contribution in [0.15, 0.2) is 34.7 Å². The second-order valence-electron chi connectivity index (χ2n) is 3.91. The van der Waals surface area contributed by atoms with Crippen LogP contribution in [0.4, 0.5) is 5.69 Å². The summed E-state index contributed by atoms with van der Waals surface area (Å²) < 4.78 is 5.53. The minimum atomic E-state index is -0.526. The molecule has 6 heteroatoms. The van der Waals surface area contributed by atoms with E-state index in [1.54, 1.807) is 18.2 Å². The standard InChI is InChI=1S/C12H11ClN2O3/c1-7(14)11-4-5-12(18-11)8-2-3-10(15(16)17)9(13)6-8/h2-7H,14H2,1H3. The van der Waals surface area contributed by atoms with E-state index in [4.69, 9.17) is 21.8 Å². The third-order valence-electron chi connectivity index (χ3n) is 2.50. The van der Waals surface area contributed by atoms with Crippen molar-refractivity contribution in [3.63, 3.8) is 0 Å². The topological polar surface area (TPSA) is 82.3 Å². The van der Waals surface area contributed by atoms with Gasteiger partial charge < -0.3 is 10.2 Å². The molecule has 18 heavy (non-hydrogen) atoms. The Morgan fingerprint density at radius 3 is 2.61 bits per heavy atom. The molecule has 2 aromatic rings. The predicted molar refractivity (Wildman–Crippen MR) is 68.4 cm³/mol. The van der Waals surface area contributed by atoms with Crippen molar-refractivity contribution >= 4 is 17.3 Å². The summed E-state index contributed by atoms with van der Waals surface area (Å²) in [5.74, 6) is 1.23. The smallest absolute Gasteiger partial charge is 0.287 e. The van der Waals surface area contributed by atoms with Gasteiger partial charge in [0.15, 0.2) is 0 Å². The van der Waals surface area contributed by atoms with Gasteiger partial charge in [0, 0.05) is 11.6 Å². The number of hydrogen-bond acceptors (Lipinski definition) is 4. The molecule has 1 aromatic carbocycles. The van der Waals surface area contributed by atoms with Gasteiger partial charge in [-0.05, 0) is 31.2 Å². The molecule has 0 aliphatic rings. The van der Waals surface area contributed by atoms with Crippen molar-refractivity contribution < 1.29 is 9.34 Å². The number of hydrogen-bond donors (Lipinski definition) is 1.